The van der Waals surface area contributed by atoms with Gasteiger partial charge >= 0.3 is 12.0 Å². The Hall–Kier alpha value is -1.69. The molecule has 114 valence electrons. The van der Waals surface area contributed by atoms with Crippen molar-refractivity contribution in [2.24, 2.45) is 0 Å². The van der Waals surface area contributed by atoms with Gasteiger partial charge < -0.3 is 15.3 Å². The van der Waals surface area contributed by atoms with Gasteiger partial charge in [-0.15, -0.1) is 0 Å². The number of hydrogen-bond donors (Lipinski definition) is 2. The maximum Gasteiger partial charge on any atom is 0.321 e. The number of carboxylic acids is 1. The fourth-order valence-corrected chi connectivity index (χ4v) is 3.81. The molecule has 5 nitrogen and oxygen atoms in total. The van der Waals surface area contributed by atoms with Gasteiger partial charge in [0.1, 0.15) is 0 Å². The third-order valence-electron chi connectivity index (χ3n) is 3.24. The summed E-state index contributed by atoms with van der Waals surface area (Å²) < 4.78 is 0. The zero-order valence-electron chi connectivity index (χ0n) is 12.2. The predicted molar refractivity (Wildman–Crippen MR) is 84.9 cm³/mol. The first-order chi connectivity index (χ1) is 9.94. The minimum Gasteiger partial charge on any atom is -0.481 e. The number of anilines is 1. The van der Waals surface area contributed by atoms with E-state index in [-0.39, 0.29) is 12.5 Å². The van der Waals surface area contributed by atoms with Crippen LogP contribution in [0.3, 0.4) is 0 Å². The summed E-state index contributed by atoms with van der Waals surface area (Å²) in [6.07, 6.45) is -0.0435. The number of carbonyl (C=O) groups excluding carboxylic acids is 1. The summed E-state index contributed by atoms with van der Waals surface area (Å²) in [5, 5.41) is 12.5. The lowest BCUT2D eigenvalue weighted by molar-refractivity contribution is -0.136. The van der Waals surface area contributed by atoms with Crippen LogP contribution in [0.15, 0.2) is 24.3 Å². The summed E-state index contributed by atoms with van der Waals surface area (Å²) in [7, 11) is 0. The van der Waals surface area contributed by atoms with Crippen molar-refractivity contribution in [1.82, 2.24) is 4.90 Å². The van der Waals surface area contributed by atoms with Crippen LogP contribution in [0.2, 0.25) is 0 Å². The molecule has 2 amide bonds. The van der Waals surface area contributed by atoms with Crippen LogP contribution in [0.25, 0.3) is 0 Å². The molecule has 0 radical (unpaired) electrons. The van der Waals surface area contributed by atoms with Gasteiger partial charge in [0.05, 0.1) is 6.42 Å². The normalized spacial score (nSPS) is 21.9. The van der Waals surface area contributed by atoms with E-state index < -0.39 is 5.97 Å². The van der Waals surface area contributed by atoms with Crippen LogP contribution in [-0.2, 0) is 11.2 Å². The smallest absolute Gasteiger partial charge is 0.321 e. The molecular formula is C15H20N2O3S. The molecular weight excluding hydrogens is 288 g/mol. The predicted octanol–water partition coefficient (Wildman–Crippen LogP) is 2.67. The Morgan fingerprint density at radius 1 is 1.33 bits per heavy atom. The average Bonchev–Trinajstić information content (AvgIpc) is 2.37. The highest BCUT2D eigenvalue weighted by Crippen LogP contribution is 2.25. The maximum atomic E-state index is 12.3. The summed E-state index contributed by atoms with van der Waals surface area (Å²) in [4.78, 5) is 24.8. The van der Waals surface area contributed by atoms with E-state index in [1.807, 2.05) is 16.7 Å². The van der Waals surface area contributed by atoms with E-state index in [4.69, 9.17) is 5.11 Å². The number of benzene rings is 1. The Labute approximate surface area is 128 Å². The highest BCUT2D eigenvalue weighted by atomic mass is 32.2. The Kier molecular flexibility index (Phi) is 5.12. The fourth-order valence-electron chi connectivity index (χ4n) is 2.48. The second-order valence-electron chi connectivity index (χ2n) is 5.36. The lowest BCUT2D eigenvalue weighted by atomic mass is 10.1. The number of carbonyl (C=O) groups is 2. The van der Waals surface area contributed by atoms with Crippen LogP contribution in [-0.4, -0.2) is 45.6 Å². The van der Waals surface area contributed by atoms with Gasteiger partial charge in [-0.05, 0) is 17.7 Å². The van der Waals surface area contributed by atoms with E-state index in [9.17, 15) is 9.59 Å². The van der Waals surface area contributed by atoms with Crippen LogP contribution >= 0.6 is 11.8 Å². The van der Waals surface area contributed by atoms with Gasteiger partial charge in [-0.3, -0.25) is 4.79 Å². The lowest BCUT2D eigenvalue weighted by Gasteiger charge is -2.34. The molecule has 2 rings (SSSR count). The standard InChI is InChI=1S/C15H20N2O3S/c1-10-8-17(9-11(2)21-10)15(20)16-13-5-3-4-12(6-13)7-14(18)19/h3-6,10-11H,7-9H2,1-2H3,(H,16,20)(H,18,19). The van der Waals surface area contributed by atoms with Gasteiger partial charge in [-0.2, -0.15) is 11.8 Å². The first kappa shape index (κ1) is 15.7. The van der Waals surface area contributed by atoms with Gasteiger partial charge in [0.25, 0.3) is 0 Å². The molecule has 1 saturated heterocycles. The minimum absolute atomic E-state index is 0.0435. The molecule has 1 heterocycles. The number of urea groups is 1. The van der Waals surface area contributed by atoms with Crippen molar-refractivity contribution in [2.45, 2.75) is 30.8 Å². The summed E-state index contributed by atoms with van der Waals surface area (Å²) in [5.41, 5.74) is 1.31. The van der Waals surface area contributed by atoms with Crippen molar-refractivity contribution in [3.63, 3.8) is 0 Å². The van der Waals surface area contributed by atoms with E-state index in [0.717, 1.165) is 13.1 Å². The van der Waals surface area contributed by atoms with Crippen molar-refractivity contribution in [3.05, 3.63) is 29.8 Å². The number of thioether (sulfide) groups is 1. The van der Waals surface area contributed by atoms with E-state index >= 15 is 0 Å². The molecule has 0 saturated carbocycles. The molecule has 2 unspecified atom stereocenters. The van der Waals surface area contributed by atoms with Crippen molar-refractivity contribution in [1.29, 1.82) is 0 Å². The average molecular weight is 308 g/mol. The molecule has 0 aromatic heterocycles. The largest absolute Gasteiger partial charge is 0.481 e. The van der Waals surface area contributed by atoms with Crippen LogP contribution in [0.1, 0.15) is 19.4 Å². The number of carboxylic acid groups (broad SMARTS) is 1. The fraction of sp³-hybridized carbons (Fsp3) is 0.467. The van der Waals surface area contributed by atoms with Crippen LogP contribution < -0.4 is 5.32 Å². The lowest BCUT2D eigenvalue weighted by Crippen LogP contribution is -2.46. The molecule has 6 heteroatoms. The molecule has 1 aromatic rings. The van der Waals surface area contributed by atoms with E-state index in [1.165, 1.54) is 0 Å². The number of amides is 2. The zero-order chi connectivity index (χ0) is 15.4. The number of rotatable bonds is 3. The van der Waals surface area contributed by atoms with Crippen LogP contribution in [0.5, 0.6) is 0 Å². The van der Waals surface area contributed by atoms with Crippen molar-refractivity contribution in [3.8, 4) is 0 Å². The molecule has 0 spiro atoms. The second kappa shape index (κ2) is 6.85. The molecule has 0 bridgehead atoms. The zero-order valence-corrected chi connectivity index (χ0v) is 13.0. The third-order valence-corrected chi connectivity index (χ3v) is 4.47. The highest BCUT2D eigenvalue weighted by Gasteiger charge is 2.25. The van der Waals surface area contributed by atoms with Gasteiger partial charge in [-0.25, -0.2) is 4.79 Å². The quantitative estimate of drug-likeness (QED) is 0.900. The topological polar surface area (TPSA) is 69.6 Å². The first-order valence-electron chi connectivity index (χ1n) is 6.96. The molecule has 21 heavy (non-hydrogen) atoms. The molecule has 1 fully saturated rings. The van der Waals surface area contributed by atoms with Crippen molar-refractivity contribution < 1.29 is 14.7 Å². The molecule has 2 N–H and O–H groups in total. The molecule has 1 aliphatic heterocycles. The van der Waals surface area contributed by atoms with Gasteiger partial charge in [0, 0.05) is 29.3 Å². The number of hydrogen-bond acceptors (Lipinski definition) is 3. The number of aliphatic carboxylic acids is 1. The van der Waals surface area contributed by atoms with Crippen molar-refractivity contribution in [2.75, 3.05) is 18.4 Å². The molecule has 2 atom stereocenters. The monoisotopic (exact) mass is 308 g/mol. The van der Waals surface area contributed by atoms with E-state index in [2.05, 4.69) is 19.2 Å². The SMILES string of the molecule is CC1CN(C(=O)Nc2cccc(CC(=O)O)c2)CC(C)S1. The summed E-state index contributed by atoms with van der Waals surface area (Å²) in [6, 6.07) is 6.85. The van der Waals surface area contributed by atoms with E-state index in [0.29, 0.717) is 21.8 Å². The Bertz CT molecular complexity index is 525. The van der Waals surface area contributed by atoms with Gasteiger partial charge in [0.2, 0.25) is 0 Å². The Balaban J connectivity index is 2.00. The second-order valence-corrected chi connectivity index (χ2v) is 7.24. The summed E-state index contributed by atoms with van der Waals surface area (Å²) >= 11 is 1.89. The summed E-state index contributed by atoms with van der Waals surface area (Å²) in [5.74, 6) is -0.880. The first-order valence-corrected chi connectivity index (χ1v) is 7.90. The Morgan fingerprint density at radius 3 is 2.62 bits per heavy atom. The van der Waals surface area contributed by atoms with Gasteiger partial charge in [-0.1, -0.05) is 26.0 Å². The summed E-state index contributed by atoms with van der Waals surface area (Å²) in [6.45, 7) is 5.70. The van der Waals surface area contributed by atoms with E-state index in [1.54, 1.807) is 24.3 Å². The Morgan fingerprint density at radius 2 is 2.00 bits per heavy atom. The molecule has 0 aliphatic carbocycles. The molecule has 1 aliphatic rings. The number of nitrogens with one attached hydrogen (secondary N) is 1. The number of nitrogens with zero attached hydrogens (tertiary/aromatic N) is 1. The maximum absolute atomic E-state index is 12.3. The van der Waals surface area contributed by atoms with Crippen LogP contribution in [0.4, 0.5) is 10.5 Å². The highest BCUT2D eigenvalue weighted by molar-refractivity contribution is 8.00. The third kappa shape index (κ3) is 4.67. The van der Waals surface area contributed by atoms with Crippen LogP contribution in [0, 0.1) is 0 Å². The van der Waals surface area contributed by atoms with Crippen molar-refractivity contribution >= 4 is 29.4 Å². The molecule has 1 aromatic carbocycles. The minimum atomic E-state index is -0.880. The van der Waals surface area contributed by atoms with Gasteiger partial charge in [0.15, 0.2) is 0 Å².